The van der Waals surface area contributed by atoms with E-state index in [9.17, 15) is 4.79 Å². The summed E-state index contributed by atoms with van der Waals surface area (Å²) in [5.41, 5.74) is 0. The van der Waals surface area contributed by atoms with Crippen LogP contribution in [0.3, 0.4) is 0 Å². The lowest BCUT2D eigenvalue weighted by atomic mass is 9.91. The molecule has 3 heteroatoms. The van der Waals surface area contributed by atoms with E-state index < -0.39 is 0 Å². The second-order valence-corrected chi connectivity index (χ2v) is 4.94. The fourth-order valence-electron chi connectivity index (χ4n) is 2.86. The molecule has 0 aromatic carbocycles. The molecule has 3 nitrogen and oxygen atoms in total. The molecule has 0 aromatic heterocycles. The van der Waals surface area contributed by atoms with Crippen molar-refractivity contribution in [1.29, 1.82) is 0 Å². The maximum Gasteiger partial charge on any atom is 0.134 e. The first-order chi connectivity index (χ1) is 7.27. The summed E-state index contributed by atoms with van der Waals surface area (Å²) in [5.74, 6) is 0.465. The molecule has 1 atom stereocenters. The average molecular weight is 210 g/mol. The number of nitrogens with one attached hydrogen (secondary N) is 1. The topological polar surface area (TPSA) is 32.3 Å². The SMILES string of the molecule is CN(C1CCNCC1)C1CCCC(=O)C1. The molecule has 1 heterocycles. The third-order valence-electron chi connectivity index (χ3n) is 3.92. The molecule has 1 saturated carbocycles. The highest BCUT2D eigenvalue weighted by Crippen LogP contribution is 2.23. The summed E-state index contributed by atoms with van der Waals surface area (Å²) in [5, 5.41) is 3.39. The van der Waals surface area contributed by atoms with E-state index in [2.05, 4.69) is 17.3 Å². The van der Waals surface area contributed by atoms with Gasteiger partial charge in [-0.15, -0.1) is 0 Å². The highest BCUT2D eigenvalue weighted by molar-refractivity contribution is 5.79. The van der Waals surface area contributed by atoms with Crippen LogP contribution < -0.4 is 5.32 Å². The summed E-state index contributed by atoms with van der Waals surface area (Å²) in [6.07, 6.45) is 6.39. The van der Waals surface area contributed by atoms with Gasteiger partial charge in [-0.1, -0.05) is 0 Å². The maximum atomic E-state index is 11.4. The van der Waals surface area contributed by atoms with E-state index >= 15 is 0 Å². The minimum atomic E-state index is 0.465. The van der Waals surface area contributed by atoms with Gasteiger partial charge in [-0.25, -0.2) is 0 Å². The molecule has 15 heavy (non-hydrogen) atoms. The molecule has 1 unspecified atom stereocenters. The second kappa shape index (κ2) is 5.08. The predicted molar refractivity (Wildman–Crippen MR) is 60.9 cm³/mol. The molecular weight excluding hydrogens is 188 g/mol. The van der Waals surface area contributed by atoms with Crippen LogP contribution in [0.5, 0.6) is 0 Å². The van der Waals surface area contributed by atoms with Crippen molar-refractivity contribution in [2.75, 3.05) is 20.1 Å². The molecule has 1 N–H and O–H groups in total. The Morgan fingerprint density at radius 1 is 1.20 bits per heavy atom. The third-order valence-corrected chi connectivity index (χ3v) is 3.92. The smallest absolute Gasteiger partial charge is 0.134 e. The first kappa shape index (κ1) is 11.1. The second-order valence-electron chi connectivity index (χ2n) is 4.94. The van der Waals surface area contributed by atoms with Gasteiger partial charge in [-0.2, -0.15) is 0 Å². The van der Waals surface area contributed by atoms with Crippen molar-refractivity contribution >= 4 is 5.78 Å². The number of carbonyl (C=O) groups is 1. The Balaban J connectivity index is 1.87. The van der Waals surface area contributed by atoms with Crippen LogP contribution in [0.25, 0.3) is 0 Å². The van der Waals surface area contributed by atoms with Crippen molar-refractivity contribution in [3.63, 3.8) is 0 Å². The van der Waals surface area contributed by atoms with Crippen LogP contribution in [0.15, 0.2) is 0 Å². The Morgan fingerprint density at radius 2 is 1.93 bits per heavy atom. The van der Waals surface area contributed by atoms with E-state index in [1.54, 1.807) is 0 Å². The minimum absolute atomic E-state index is 0.465. The van der Waals surface area contributed by atoms with E-state index in [1.807, 2.05) is 0 Å². The summed E-state index contributed by atoms with van der Waals surface area (Å²) < 4.78 is 0. The number of hydrogen-bond donors (Lipinski definition) is 1. The fraction of sp³-hybridized carbons (Fsp3) is 0.917. The van der Waals surface area contributed by atoms with Crippen LogP contribution in [0.2, 0.25) is 0 Å². The molecule has 2 aliphatic rings. The van der Waals surface area contributed by atoms with E-state index in [1.165, 1.54) is 19.3 Å². The van der Waals surface area contributed by atoms with Crippen molar-refractivity contribution < 1.29 is 4.79 Å². The highest BCUT2D eigenvalue weighted by Gasteiger charge is 2.28. The predicted octanol–water partition coefficient (Wildman–Crippen LogP) is 1.18. The van der Waals surface area contributed by atoms with Crippen molar-refractivity contribution in [3.8, 4) is 0 Å². The standard InChI is InChI=1S/C12H22N2O/c1-14(10-5-7-13-8-6-10)11-3-2-4-12(15)9-11/h10-11,13H,2-9H2,1H3. The number of rotatable bonds is 2. The van der Waals surface area contributed by atoms with Gasteiger partial charge in [0.15, 0.2) is 0 Å². The van der Waals surface area contributed by atoms with Gasteiger partial charge in [0.05, 0.1) is 0 Å². The molecule has 0 aromatic rings. The van der Waals surface area contributed by atoms with E-state index in [0.717, 1.165) is 32.4 Å². The van der Waals surface area contributed by atoms with Crippen molar-refractivity contribution in [2.45, 2.75) is 50.6 Å². The lowest BCUT2D eigenvalue weighted by molar-refractivity contribution is -0.122. The molecule has 0 spiro atoms. The van der Waals surface area contributed by atoms with Crippen molar-refractivity contribution in [1.82, 2.24) is 10.2 Å². The van der Waals surface area contributed by atoms with E-state index in [4.69, 9.17) is 0 Å². The Hall–Kier alpha value is -0.410. The molecule has 1 saturated heterocycles. The Kier molecular flexibility index (Phi) is 3.76. The summed E-state index contributed by atoms with van der Waals surface area (Å²) in [6, 6.07) is 1.22. The van der Waals surface area contributed by atoms with Crippen molar-refractivity contribution in [3.05, 3.63) is 0 Å². The summed E-state index contributed by atoms with van der Waals surface area (Å²) in [6.45, 7) is 2.27. The first-order valence-electron chi connectivity index (χ1n) is 6.21. The van der Waals surface area contributed by atoms with Gasteiger partial charge < -0.3 is 5.32 Å². The van der Waals surface area contributed by atoms with Crippen LogP contribution in [-0.4, -0.2) is 42.9 Å². The number of piperidine rings is 1. The number of nitrogens with zero attached hydrogens (tertiary/aromatic N) is 1. The maximum absolute atomic E-state index is 11.4. The molecular formula is C12H22N2O. The first-order valence-corrected chi connectivity index (χ1v) is 6.21. The average Bonchev–Trinajstić information content (AvgIpc) is 2.29. The van der Waals surface area contributed by atoms with Gasteiger partial charge in [-0.05, 0) is 45.8 Å². The number of ketones is 1. The van der Waals surface area contributed by atoms with Gasteiger partial charge >= 0.3 is 0 Å². The Bertz CT molecular complexity index is 224. The van der Waals surface area contributed by atoms with Gasteiger partial charge in [-0.3, -0.25) is 9.69 Å². The Morgan fingerprint density at radius 3 is 2.60 bits per heavy atom. The third kappa shape index (κ3) is 2.79. The summed E-state index contributed by atoms with van der Waals surface area (Å²) in [7, 11) is 2.21. The lowest BCUT2D eigenvalue weighted by Gasteiger charge is -2.38. The van der Waals surface area contributed by atoms with Gasteiger partial charge in [0, 0.05) is 24.9 Å². The molecule has 1 aliphatic heterocycles. The number of Topliss-reactive ketones (excluding diaryl/α,β-unsaturated/α-hetero) is 1. The van der Waals surface area contributed by atoms with Crippen molar-refractivity contribution in [2.24, 2.45) is 0 Å². The van der Waals surface area contributed by atoms with Gasteiger partial charge in [0.1, 0.15) is 5.78 Å². The highest BCUT2D eigenvalue weighted by atomic mass is 16.1. The van der Waals surface area contributed by atoms with Crippen LogP contribution >= 0.6 is 0 Å². The number of carbonyl (C=O) groups excluding carboxylic acids is 1. The molecule has 0 radical (unpaired) electrons. The lowest BCUT2D eigenvalue weighted by Crippen LogP contribution is -2.47. The minimum Gasteiger partial charge on any atom is -0.317 e. The Labute approximate surface area is 92.2 Å². The molecule has 1 aliphatic carbocycles. The summed E-state index contributed by atoms with van der Waals surface area (Å²) >= 11 is 0. The van der Waals surface area contributed by atoms with Crippen LogP contribution in [0, 0.1) is 0 Å². The fourth-order valence-corrected chi connectivity index (χ4v) is 2.86. The monoisotopic (exact) mass is 210 g/mol. The summed E-state index contributed by atoms with van der Waals surface area (Å²) in [4.78, 5) is 13.9. The quantitative estimate of drug-likeness (QED) is 0.743. The zero-order chi connectivity index (χ0) is 10.7. The van der Waals surface area contributed by atoms with Gasteiger partial charge in [0.25, 0.3) is 0 Å². The van der Waals surface area contributed by atoms with Crippen LogP contribution in [0.1, 0.15) is 38.5 Å². The molecule has 2 rings (SSSR count). The van der Waals surface area contributed by atoms with Crippen LogP contribution in [0.4, 0.5) is 0 Å². The molecule has 2 fully saturated rings. The van der Waals surface area contributed by atoms with Gasteiger partial charge in [0.2, 0.25) is 0 Å². The van der Waals surface area contributed by atoms with Crippen LogP contribution in [-0.2, 0) is 4.79 Å². The zero-order valence-corrected chi connectivity index (χ0v) is 9.67. The molecule has 0 amide bonds. The largest absolute Gasteiger partial charge is 0.317 e. The number of hydrogen-bond acceptors (Lipinski definition) is 3. The van der Waals surface area contributed by atoms with E-state index in [0.29, 0.717) is 17.9 Å². The zero-order valence-electron chi connectivity index (χ0n) is 9.67. The molecule has 86 valence electrons. The van der Waals surface area contributed by atoms with E-state index in [-0.39, 0.29) is 0 Å². The normalized spacial score (nSPS) is 29.7. The molecule has 0 bridgehead atoms.